The summed E-state index contributed by atoms with van der Waals surface area (Å²) >= 11 is 1.24. The molecule has 1 heterocycles. The summed E-state index contributed by atoms with van der Waals surface area (Å²) in [5.74, 6) is -4.26. The Kier molecular flexibility index (Phi) is 4.81. The Hall–Kier alpha value is -2.35. The van der Waals surface area contributed by atoms with Crippen molar-refractivity contribution in [3.8, 4) is 0 Å². The number of aromatic carboxylic acids is 1. The summed E-state index contributed by atoms with van der Waals surface area (Å²) in [4.78, 5) is 25.7. The Morgan fingerprint density at radius 3 is 2.64 bits per heavy atom. The summed E-state index contributed by atoms with van der Waals surface area (Å²) in [6.07, 6.45) is 0.519. The summed E-state index contributed by atoms with van der Waals surface area (Å²) < 4.78 is 27.4. The average molecular weight is 326 g/mol. The average Bonchev–Trinajstić information content (AvgIpc) is 2.86. The van der Waals surface area contributed by atoms with E-state index in [1.807, 2.05) is 0 Å². The third-order valence-electron chi connectivity index (χ3n) is 2.88. The minimum atomic E-state index is -1.51. The maximum absolute atomic E-state index is 13.8. The van der Waals surface area contributed by atoms with E-state index in [-0.39, 0.29) is 17.9 Å². The number of carboxylic acids is 1. The fourth-order valence-corrected chi connectivity index (χ4v) is 2.63. The molecule has 0 aliphatic carbocycles. The molecule has 0 fully saturated rings. The van der Waals surface area contributed by atoms with Gasteiger partial charge in [0.05, 0.1) is 11.3 Å². The van der Waals surface area contributed by atoms with Gasteiger partial charge in [-0.15, -0.1) is 11.3 Å². The third kappa shape index (κ3) is 3.64. The standard InChI is InChI=1S/C14H12F2N2O3S/c1-7(19)17-14-18-9(6-22-14)4-2-8-3-5-10(13(20)21)12(16)11(8)15/h3,5-6H,2,4H2,1H3,(H,20,21)(H,17,18,19). The number of anilines is 1. The summed E-state index contributed by atoms with van der Waals surface area (Å²) in [6, 6.07) is 2.29. The summed E-state index contributed by atoms with van der Waals surface area (Å²) in [5, 5.41) is 13.4. The summed E-state index contributed by atoms with van der Waals surface area (Å²) in [7, 11) is 0. The summed E-state index contributed by atoms with van der Waals surface area (Å²) in [5.41, 5.74) is 0.0234. The minimum Gasteiger partial charge on any atom is -0.478 e. The number of nitrogens with one attached hydrogen (secondary N) is 1. The predicted octanol–water partition coefficient (Wildman–Crippen LogP) is 2.86. The molecule has 22 heavy (non-hydrogen) atoms. The molecule has 2 aromatic rings. The first-order valence-electron chi connectivity index (χ1n) is 6.30. The molecular weight excluding hydrogens is 314 g/mol. The molecule has 8 heteroatoms. The number of amides is 1. The molecule has 0 saturated heterocycles. The number of carbonyl (C=O) groups is 2. The number of halogens is 2. The second-order valence-corrected chi connectivity index (χ2v) is 5.39. The smallest absolute Gasteiger partial charge is 0.338 e. The topological polar surface area (TPSA) is 79.3 Å². The molecule has 2 rings (SSSR count). The van der Waals surface area contributed by atoms with Crippen LogP contribution in [-0.2, 0) is 17.6 Å². The maximum atomic E-state index is 13.8. The zero-order chi connectivity index (χ0) is 16.3. The van der Waals surface area contributed by atoms with Crippen molar-refractivity contribution in [1.29, 1.82) is 0 Å². The Balaban J connectivity index is 2.08. The number of aryl methyl sites for hydroxylation is 2. The molecule has 0 aliphatic heterocycles. The molecule has 1 aromatic heterocycles. The van der Waals surface area contributed by atoms with E-state index >= 15 is 0 Å². The number of hydrogen-bond acceptors (Lipinski definition) is 4. The lowest BCUT2D eigenvalue weighted by Crippen LogP contribution is -2.07. The first kappa shape index (κ1) is 16.0. The van der Waals surface area contributed by atoms with Crippen molar-refractivity contribution in [2.24, 2.45) is 0 Å². The third-order valence-corrected chi connectivity index (χ3v) is 3.68. The van der Waals surface area contributed by atoms with Crippen LogP contribution in [0.15, 0.2) is 17.5 Å². The second kappa shape index (κ2) is 6.61. The molecule has 5 nitrogen and oxygen atoms in total. The van der Waals surface area contributed by atoms with E-state index in [4.69, 9.17) is 5.11 Å². The number of carbonyl (C=O) groups excluding carboxylic acids is 1. The highest BCUT2D eigenvalue weighted by Gasteiger charge is 2.18. The van der Waals surface area contributed by atoms with Crippen LogP contribution in [0.5, 0.6) is 0 Å². The highest BCUT2D eigenvalue weighted by Crippen LogP contribution is 2.20. The van der Waals surface area contributed by atoms with Crippen LogP contribution in [0, 0.1) is 11.6 Å². The maximum Gasteiger partial charge on any atom is 0.338 e. The fourth-order valence-electron chi connectivity index (χ4n) is 1.84. The Morgan fingerprint density at radius 2 is 2.00 bits per heavy atom. The van der Waals surface area contributed by atoms with Crippen molar-refractivity contribution in [3.63, 3.8) is 0 Å². The van der Waals surface area contributed by atoms with Crippen LogP contribution >= 0.6 is 11.3 Å². The van der Waals surface area contributed by atoms with Crippen molar-refractivity contribution in [3.05, 3.63) is 46.0 Å². The Labute approximate surface area is 128 Å². The number of rotatable bonds is 5. The van der Waals surface area contributed by atoms with Gasteiger partial charge in [0.1, 0.15) is 0 Å². The van der Waals surface area contributed by atoms with E-state index in [1.54, 1.807) is 5.38 Å². The lowest BCUT2D eigenvalue weighted by Gasteiger charge is -2.05. The Bertz CT molecular complexity index is 731. The van der Waals surface area contributed by atoms with Gasteiger partial charge in [-0.3, -0.25) is 4.79 Å². The van der Waals surface area contributed by atoms with E-state index in [9.17, 15) is 18.4 Å². The zero-order valence-electron chi connectivity index (χ0n) is 11.5. The van der Waals surface area contributed by atoms with Gasteiger partial charge in [-0.05, 0) is 24.5 Å². The van der Waals surface area contributed by atoms with E-state index < -0.39 is 23.2 Å². The van der Waals surface area contributed by atoms with E-state index in [0.29, 0.717) is 17.2 Å². The summed E-state index contributed by atoms with van der Waals surface area (Å²) in [6.45, 7) is 1.36. The molecular formula is C14H12F2N2O3S. The number of aromatic nitrogens is 1. The van der Waals surface area contributed by atoms with Crippen molar-refractivity contribution >= 4 is 28.3 Å². The highest BCUT2D eigenvalue weighted by atomic mass is 32.1. The van der Waals surface area contributed by atoms with Gasteiger partial charge in [0.25, 0.3) is 0 Å². The van der Waals surface area contributed by atoms with Gasteiger partial charge in [0.15, 0.2) is 16.8 Å². The number of nitrogens with zero attached hydrogens (tertiary/aromatic N) is 1. The molecule has 116 valence electrons. The number of thiazole rings is 1. The van der Waals surface area contributed by atoms with Crippen molar-refractivity contribution in [1.82, 2.24) is 4.98 Å². The predicted molar refractivity (Wildman–Crippen MR) is 77.1 cm³/mol. The molecule has 0 aliphatic rings. The van der Waals surface area contributed by atoms with Crippen LogP contribution in [0.3, 0.4) is 0 Å². The van der Waals surface area contributed by atoms with Crippen LogP contribution < -0.4 is 5.32 Å². The molecule has 0 saturated carbocycles. The van der Waals surface area contributed by atoms with Crippen molar-refractivity contribution in [2.45, 2.75) is 19.8 Å². The van der Waals surface area contributed by atoms with E-state index in [1.165, 1.54) is 24.3 Å². The SMILES string of the molecule is CC(=O)Nc1nc(CCc2ccc(C(=O)O)c(F)c2F)cs1. The monoisotopic (exact) mass is 326 g/mol. The molecule has 0 atom stereocenters. The molecule has 1 amide bonds. The van der Waals surface area contributed by atoms with Gasteiger partial charge in [-0.25, -0.2) is 18.6 Å². The van der Waals surface area contributed by atoms with Crippen LogP contribution in [0.4, 0.5) is 13.9 Å². The molecule has 0 unspecified atom stereocenters. The first-order valence-corrected chi connectivity index (χ1v) is 7.18. The van der Waals surface area contributed by atoms with Crippen LogP contribution in [0.1, 0.15) is 28.5 Å². The number of carboxylic acid groups (broad SMARTS) is 1. The normalized spacial score (nSPS) is 10.5. The largest absolute Gasteiger partial charge is 0.478 e. The van der Waals surface area contributed by atoms with Crippen molar-refractivity contribution in [2.75, 3.05) is 5.32 Å². The Morgan fingerprint density at radius 1 is 1.27 bits per heavy atom. The van der Waals surface area contributed by atoms with Gasteiger partial charge < -0.3 is 10.4 Å². The zero-order valence-corrected chi connectivity index (χ0v) is 12.3. The minimum absolute atomic E-state index is 0.0802. The molecule has 2 N–H and O–H groups in total. The fraction of sp³-hybridized carbons (Fsp3) is 0.214. The lowest BCUT2D eigenvalue weighted by atomic mass is 10.0. The quantitative estimate of drug-likeness (QED) is 0.885. The van der Waals surface area contributed by atoms with Crippen molar-refractivity contribution < 1.29 is 23.5 Å². The van der Waals surface area contributed by atoms with E-state index in [2.05, 4.69) is 10.3 Å². The van der Waals surface area contributed by atoms with Gasteiger partial charge in [0, 0.05) is 12.3 Å². The van der Waals surface area contributed by atoms with Gasteiger partial charge >= 0.3 is 5.97 Å². The molecule has 1 aromatic carbocycles. The van der Waals surface area contributed by atoms with Crippen LogP contribution in [-0.4, -0.2) is 22.0 Å². The van der Waals surface area contributed by atoms with Gasteiger partial charge in [-0.2, -0.15) is 0 Å². The van der Waals surface area contributed by atoms with E-state index in [0.717, 1.165) is 6.07 Å². The second-order valence-electron chi connectivity index (χ2n) is 4.53. The molecule has 0 radical (unpaired) electrons. The lowest BCUT2D eigenvalue weighted by molar-refractivity contribution is -0.114. The molecule has 0 bridgehead atoms. The van der Waals surface area contributed by atoms with Gasteiger partial charge in [-0.1, -0.05) is 6.07 Å². The van der Waals surface area contributed by atoms with Gasteiger partial charge in [0.2, 0.25) is 5.91 Å². The van der Waals surface area contributed by atoms with Crippen LogP contribution in [0.2, 0.25) is 0 Å². The number of benzene rings is 1. The number of hydrogen-bond donors (Lipinski definition) is 2. The molecule has 0 spiro atoms. The highest BCUT2D eigenvalue weighted by molar-refractivity contribution is 7.13. The van der Waals surface area contributed by atoms with Crippen LogP contribution in [0.25, 0.3) is 0 Å². The first-order chi connectivity index (χ1) is 10.4.